The Labute approximate surface area is 99.4 Å². The predicted octanol–water partition coefficient (Wildman–Crippen LogP) is 1.52. The third-order valence-electron chi connectivity index (χ3n) is 2.24. The minimum absolute atomic E-state index is 0.292. The molecular weight excluding hydrogens is 259 g/mol. The van der Waals surface area contributed by atoms with Crippen molar-refractivity contribution in [3.8, 4) is 0 Å². The molecule has 0 saturated heterocycles. The second-order valence-corrected chi connectivity index (χ2v) is 6.68. The summed E-state index contributed by atoms with van der Waals surface area (Å²) < 4.78 is 62.0. The van der Waals surface area contributed by atoms with Gasteiger partial charge in [0.15, 0.2) is 0 Å². The summed E-state index contributed by atoms with van der Waals surface area (Å²) >= 11 is 0. The van der Waals surface area contributed by atoms with Gasteiger partial charge in [-0.2, -0.15) is 13.2 Å². The zero-order chi connectivity index (χ0) is 13.9. The number of halogens is 3. The van der Waals surface area contributed by atoms with E-state index in [2.05, 4.69) is 4.74 Å². The van der Waals surface area contributed by atoms with Crippen molar-refractivity contribution in [2.45, 2.75) is 26.9 Å². The molecule has 104 valence electrons. The number of nitrogens with two attached hydrogens (primary N) is 1. The van der Waals surface area contributed by atoms with Crippen LogP contribution in [0.4, 0.5) is 13.2 Å². The van der Waals surface area contributed by atoms with Gasteiger partial charge in [-0.1, -0.05) is 20.8 Å². The van der Waals surface area contributed by atoms with Crippen molar-refractivity contribution in [3.05, 3.63) is 0 Å². The molecule has 0 heterocycles. The van der Waals surface area contributed by atoms with Gasteiger partial charge in [0.1, 0.15) is 6.61 Å². The van der Waals surface area contributed by atoms with Crippen molar-refractivity contribution in [2.24, 2.45) is 16.5 Å². The monoisotopic (exact) mass is 277 g/mol. The largest absolute Gasteiger partial charge is 0.411 e. The summed E-state index contributed by atoms with van der Waals surface area (Å²) in [5, 5.41) is 4.89. The van der Waals surface area contributed by atoms with Gasteiger partial charge < -0.3 is 4.74 Å². The fraction of sp³-hybridized carbons (Fsp3) is 1.00. The van der Waals surface area contributed by atoms with E-state index >= 15 is 0 Å². The molecule has 2 N–H and O–H groups in total. The number of hydrogen-bond acceptors (Lipinski definition) is 3. The van der Waals surface area contributed by atoms with E-state index in [-0.39, 0.29) is 6.61 Å². The van der Waals surface area contributed by atoms with Crippen LogP contribution in [0.5, 0.6) is 0 Å². The second-order valence-electron chi connectivity index (χ2n) is 5.02. The number of sulfonamides is 1. The lowest BCUT2D eigenvalue weighted by Crippen LogP contribution is -2.35. The van der Waals surface area contributed by atoms with Gasteiger partial charge in [0.2, 0.25) is 10.0 Å². The zero-order valence-corrected chi connectivity index (χ0v) is 10.9. The van der Waals surface area contributed by atoms with Gasteiger partial charge in [0.25, 0.3) is 0 Å². The van der Waals surface area contributed by atoms with Gasteiger partial charge in [-0.3, -0.25) is 0 Å². The van der Waals surface area contributed by atoms with Gasteiger partial charge in [-0.25, -0.2) is 13.6 Å². The van der Waals surface area contributed by atoms with E-state index in [4.69, 9.17) is 5.14 Å². The Bertz CT molecular complexity index is 332. The minimum Gasteiger partial charge on any atom is -0.372 e. The Balaban J connectivity index is 4.43. The Morgan fingerprint density at radius 2 is 1.71 bits per heavy atom. The fourth-order valence-corrected chi connectivity index (χ4v) is 2.30. The van der Waals surface area contributed by atoms with Crippen molar-refractivity contribution >= 4 is 10.0 Å². The molecule has 17 heavy (non-hydrogen) atoms. The smallest absolute Gasteiger partial charge is 0.372 e. The molecule has 0 saturated carbocycles. The van der Waals surface area contributed by atoms with E-state index in [1.165, 1.54) is 0 Å². The number of ether oxygens (including phenoxy) is 1. The van der Waals surface area contributed by atoms with Crippen molar-refractivity contribution in [3.63, 3.8) is 0 Å². The first kappa shape index (κ1) is 16.7. The molecule has 0 aromatic heterocycles. The van der Waals surface area contributed by atoms with E-state index in [1.54, 1.807) is 20.8 Å². The summed E-state index contributed by atoms with van der Waals surface area (Å²) in [6.07, 6.45) is -4.41. The summed E-state index contributed by atoms with van der Waals surface area (Å²) in [5.41, 5.74) is -0.502. The third kappa shape index (κ3) is 9.37. The number of primary sulfonamides is 1. The molecule has 1 unspecified atom stereocenters. The summed E-state index contributed by atoms with van der Waals surface area (Å²) in [4.78, 5) is 0. The van der Waals surface area contributed by atoms with Crippen molar-refractivity contribution in [2.75, 3.05) is 19.0 Å². The molecule has 1 atom stereocenters. The molecule has 0 aliphatic carbocycles. The van der Waals surface area contributed by atoms with Gasteiger partial charge >= 0.3 is 6.18 Å². The zero-order valence-electron chi connectivity index (χ0n) is 10.0. The van der Waals surface area contributed by atoms with E-state index in [1.807, 2.05) is 0 Å². The van der Waals surface area contributed by atoms with Gasteiger partial charge in [-0.15, -0.1) is 0 Å². The molecule has 0 aromatic rings. The molecule has 0 bridgehead atoms. The fourth-order valence-electron chi connectivity index (χ4n) is 1.15. The highest BCUT2D eigenvalue weighted by Gasteiger charge is 2.32. The lowest BCUT2D eigenvalue weighted by Gasteiger charge is -2.29. The SMILES string of the molecule is CC(C)(C)C(COCC(F)(F)F)CS(N)(=O)=O. The Kier molecular flexibility index (Phi) is 5.42. The summed E-state index contributed by atoms with van der Waals surface area (Å²) in [5.74, 6) is -0.978. The minimum atomic E-state index is -4.41. The Morgan fingerprint density at radius 3 is 2.00 bits per heavy atom. The topological polar surface area (TPSA) is 69.4 Å². The maximum Gasteiger partial charge on any atom is 0.411 e. The van der Waals surface area contributed by atoms with Crippen LogP contribution in [0.3, 0.4) is 0 Å². The van der Waals surface area contributed by atoms with Gasteiger partial charge in [0, 0.05) is 5.92 Å². The molecule has 0 amide bonds. The highest BCUT2D eigenvalue weighted by molar-refractivity contribution is 7.89. The first-order valence-electron chi connectivity index (χ1n) is 4.96. The van der Waals surface area contributed by atoms with E-state index in [0.29, 0.717) is 0 Å². The highest BCUT2D eigenvalue weighted by atomic mass is 32.2. The summed E-state index contributed by atoms with van der Waals surface area (Å²) in [7, 11) is -3.73. The van der Waals surface area contributed by atoms with Crippen LogP contribution in [0.25, 0.3) is 0 Å². The van der Waals surface area contributed by atoms with E-state index in [0.717, 1.165) is 0 Å². The molecule has 0 aliphatic rings. The number of hydrogen-bond donors (Lipinski definition) is 1. The highest BCUT2D eigenvalue weighted by Crippen LogP contribution is 2.27. The van der Waals surface area contributed by atoms with Crippen LogP contribution in [-0.2, 0) is 14.8 Å². The quantitative estimate of drug-likeness (QED) is 0.828. The van der Waals surface area contributed by atoms with Crippen molar-refractivity contribution in [1.29, 1.82) is 0 Å². The molecule has 0 fully saturated rings. The Hall–Kier alpha value is -0.340. The molecule has 0 aromatic carbocycles. The number of rotatable bonds is 5. The van der Waals surface area contributed by atoms with Crippen molar-refractivity contribution in [1.82, 2.24) is 0 Å². The average Bonchev–Trinajstić information content (AvgIpc) is 1.95. The molecule has 0 spiro atoms. The Morgan fingerprint density at radius 1 is 1.24 bits per heavy atom. The maximum absolute atomic E-state index is 11.9. The first-order chi connectivity index (χ1) is 7.31. The molecule has 4 nitrogen and oxygen atoms in total. The lowest BCUT2D eigenvalue weighted by atomic mass is 9.82. The van der Waals surface area contributed by atoms with Gasteiger partial charge in [0.05, 0.1) is 12.4 Å². The molecule has 0 aliphatic heterocycles. The maximum atomic E-state index is 11.9. The van der Waals surface area contributed by atoms with Crippen LogP contribution in [0.2, 0.25) is 0 Å². The first-order valence-corrected chi connectivity index (χ1v) is 6.68. The van der Waals surface area contributed by atoms with Crippen LogP contribution in [0, 0.1) is 11.3 Å². The summed E-state index contributed by atoms with van der Waals surface area (Å²) in [6, 6.07) is 0. The molecule has 8 heteroatoms. The molecular formula is C9H18F3NO3S. The third-order valence-corrected chi connectivity index (χ3v) is 3.11. The van der Waals surface area contributed by atoms with Crippen LogP contribution in [-0.4, -0.2) is 33.6 Å². The van der Waals surface area contributed by atoms with E-state index < -0.39 is 39.9 Å². The second kappa shape index (κ2) is 5.53. The summed E-state index contributed by atoms with van der Waals surface area (Å²) in [6.45, 7) is 3.49. The predicted molar refractivity (Wildman–Crippen MR) is 57.8 cm³/mol. The van der Waals surface area contributed by atoms with Crippen LogP contribution in [0.15, 0.2) is 0 Å². The van der Waals surface area contributed by atoms with Crippen LogP contribution in [0.1, 0.15) is 20.8 Å². The van der Waals surface area contributed by atoms with Crippen LogP contribution < -0.4 is 5.14 Å². The number of alkyl halides is 3. The van der Waals surface area contributed by atoms with Crippen LogP contribution >= 0.6 is 0 Å². The lowest BCUT2D eigenvalue weighted by molar-refractivity contribution is -0.178. The standard InChI is InChI=1S/C9H18F3NO3S/c1-8(2,3)7(5-17(13,14)15)4-16-6-9(10,11)12/h7H,4-6H2,1-3H3,(H2,13,14,15). The van der Waals surface area contributed by atoms with E-state index in [9.17, 15) is 21.6 Å². The van der Waals surface area contributed by atoms with Gasteiger partial charge in [-0.05, 0) is 5.41 Å². The normalized spacial score (nSPS) is 15.9. The average molecular weight is 277 g/mol. The van der Waals surface area contributed by atoms with Crippen molar-refractivity contribution < 1.29 is 26.3 Å². The molecule has 0 radical (unpaired) electrons. The molecule has 0 rings (SSSR count).